The summed E-state index contributed by atoms with van der Waals surface area (Å²) in [6.07, 6.45) is 0.877. The smallest absolute Gasteiger partial charge is 0.0615 e. The zero-order valence-electron chi connectivity index (χ0n) is 4.22. The van der Waals surface area contributed by atoms with Crippen LogP contribution in [-0.2, 0) is 0 Å². The van der Waals surface area contributed by atoms with Gasteiger partial charge in [-0.1, -0.05) is 19.1 Å². The van der Waals surface area contributed by atoms with Crippen molar-refractivity contribution in [3.63, 3.8) is 0 Å². The van der Waals surface area contributed by atoms with Crippen LogP contribution < -0.4 is 5.73 Å². The molecule has 0 saturated heterocycles. The predicted molar refractivity (Wildman–Crippen MR) is 39.9 cm³/mol. The highest BCUT2D eigenvalue weighted by atomic mass is 32.1. The van der Waals surface area contributed by atoms with Crippen LogP contribution in [0.1, 0.15) is 13.3 Å². The molecule has 0 saturated carbocycles. The van der Waals surface area contributed by atoms with Gasteiger partial charge in [0.25, 0.3) is 0 Å². The number of nitrogens with two attached hydrogens (primary N) is 1. The molecule has 0 rings (SSSR count). The molecular formula is C4H9NS2. The summed E-state index contributed by atoms with van der Waals surface area (Å²) in [6.45, 7) is 1.98. The zero-order valence-corrected chi connectivity index (χ0v) is 5.93. The summed E-state index contributed by atoms with van der Waals surface area (Å²) in [5.41, 5.74) is 5.40. The van der Waals surface area contributed by atoms with Gasteiger partial charge in [0.15, 0.2) is 0 Å². The lowest BCUT2D eigenvalue weighted by molar-refractivity contribution is 0.838. The van der Waals surface area contributed by atoms with Gasteiger partial charge in [-0.05, 0) is 6.42 Å². The summed E-state index contributed by atoms with van der Waals surface area (Å²) in [5, 5.41) is 0. The number of hydrogen-bond donors (Lipinski definition) is 2. The Labute approximate surface area is 54.7 Å². The second kappa shape index (κ2) is 3.41. The molecule has 0 aromatic heterocycles. The van der Waals surface area contributed by atoms with Gasteiger partial charge in [0, 0.05) is 6.04 Å². The summed E-state index contributed by atoms with van der Waals surface area (Å²) < 4.78 is 0.600. The maximum absolute atomic E-state index is 5.40. The highest BCUT2D eigenvalue weighted by Gasteiger charge is 1.98. The molecule has 0 aliphatic rings. The van der Waals surface area contributed by atoms with E-state index in [4.69, 9.17) is 5.73 Å². The highest BCUT2D eigenvalue weighted by Crippen LogP contribution is 1.93. The largest absolute Gasteiger partial charge is 0.323 e. The Bertz CT molecular complexity index is 72.1. The van der Waals surface area contributed by atoms with Crippen LogP contribution in [-0.4, -0.2) is 10.2 Å². The third-order valence-electron chi connectivity index (χ3n) is 0.757. The third kappa shape index (κ3) is 3.02. The lowest BCUT2D eigenvalue weighted by atomic mass is 10.3. The molecule has 42 valence electrons. The van der Waals surface area contributed by atoms with Crippen LogP contribution in [0.3, 0.4) is 0 Å². The summed E-state index contributed by atoms with van der Waals surface area (Å²) in [7, 11) is 0. The fourth-order valence-electron chi connectivity index (χ4n) is 0.175. The molecule has 1 atom stereocenters. The molecular weight excluding hydrogens is 126 g/mol. The lowest BCUT2D eigenvalue weighted by Crippen LogP contribution is -2.23. The quantitative estimate of drug-likeness (QED) is 0.436. The Morgan fingerprint density at radius 3 is 2.43 bits per heavy atom. The fraction of sp³-hybridized carbons (Fsp3) is 0.750. The van der Waals surface area contributed by atoms with Crippen molar-refractivity contribution < 1.29 is 0 Å². The molecule has 0 aliphatic carbocycles. The van der Waals surface area contributed by atoms with Gasteiger partial charge in [-0.2, -0.15) is 0 Å². The standard InChI is InChI=1S/C4H9NS2/c1-2-3(5)4(6)7/h3H,2,5H2,1H3,(H,6,7). The average Bonchev–Trinajstić information content (AvgIpc) is 1.65. The molecule has 0 bridgehead atoms. The summed E-state index contributed by atoms with van der Waals surface area (Å²) in [5.74, 6) is 0. The number of thiol groups is 1. The van der Waals surface area contributed by atoms with Crippen LogP contribution in [0, 0.1) is 0 Å². The van der Waals surface area contributed by atoms with E-state index in [2.05, 4.69) is 24.8 Å². The second-order valence-electron chi connectivity index (χ2n) is 1.35. The van der Waals surface area contributed by atoms with Crippen LogP contribution in [0.2, 0.25) is 0 Å². The van der Waals surface area contributed by atoms with E-state index in [1.807, 2.05) is 6.92 Å². The molecule has 0 amide bonds. The van der Waals surface area contributed by atoms with Crippen LogP contribution in [0.15, 0.2) is 0 Å². The Balaban J connectivity index is 3.34. The zero-order chi connectivity index (χ0) is 5.86. The van der Waals surface area contributed by atoms with Gasteiger partial charge < -0.3 is 5.73 Å². The van der Waals surface area contributed by atoms with Gasteiger partial charge in [-0.25, -0.2) is 0 Å². The minimum atomic E-state index is -0.00154. The molecule has 1 unspecified atom stereocenters. The van der Waals surface area contributed by atoms with Crippen LogP contribution >= 0.6 is 24.8 Å². The highest BCUT2D eigenvalue weighted by molar-refractivity contribution is 8.11. The first kappa shape index (κ1) is 7.40. The minimum Gasteiger partial charge on any atom is -0.323 e. The van der Waals surface area contributed by atoms with E-state index in [9.17, 15) is 0 Å². The van der Waals surface area contributed by atoms with Crippen molar-refractivity contribution in [3.05, 3.63) is 0 Å². The molecule has 7 heavy (non-hydrogen) atoms. The Morgan fingerprint density at radius 2 is 2.43 bits per heavy atom. The summed E-state index contributed by atoms with van der Waals surface area (Å²) >= 11 is 8.54. The van der Waals surface area contributed by atoms with Crippen LogP contribution in [0.5, 0.6) is 0 Å². The predicted octanol–water partition coefficient (Wildman–Crippen LogP) is 0.981. The molecule has 2 N–H and O–H groups in total. The minimum absolute atomic E-state index is 0.00154. The molecule has 0 aromatic rings. The van der Waals surface area contributed by atoms with Crippen molar-refractivity contribution in [3.8, 4) is 0 Å². The first-order chi connectivity index (χ1) is 3.18. The Morgan fingerprint density at radius 1 is 2.00 bits per heavy atom. The monoisotopic (exact) mass is 135 g/mol. The van der Waals surface area contributed by atoms with Gasteiger partial charge in [-0.15, -0.1) is 12.6 Å². The van der Waals surface area contributed by atoms with Gasteiger partial charge in [-0.3, -0.25) is 0 Å². The topological polar surface area (TPSA) is 26.0 Å². The van der Waals surface area contributed by atoms with E-state index in [0.29, 0.717) is 4.20 Å². The molecule has 0 fully saturated rings. The van der Waals surface area contributed by atoms with Gasteiger partial charge in [0.1, 0.15) is 0 Å². The van der Waals surface area contributed by atoms with Gasteiger partial charge in [0.2, 0.25) is 0 Å². The van der Waals surface area contributed by atoms with Crippen molar-refractivity contribution in [2.24, 2.45) is 5.73 Å². The number of hydrogen-bond acceptors (Lipinski definition) is 2. The summed E-state index contributed by atoms with van der Waals surface area (Å²) in [4.78, 5) is 0. The lowest BCUT2D eigenvalue weighted by Gasteiger charge is -2.01. The Hall–Kier alpha value is 0.400. The molecule has 0 aliphatic heterocycles. The van der Waals surface area contributed by atoms with Crippen molar-refractivity contribution >= 4 is 29.0 Å². The first-order valence-electron chi connectivity index (χ1n) is 2.17. The summed E-state index contributed by atoms with van der Waals surface area (Å²) in [6, 6.07) is -0.00154. The van der Waals surface area contributed by atoms with E-state index in [0.717, 1.165) is 6.42 Å². The van der Waals surface area contributed by atoms with Crippen molar-refractivity contribution in [1.82, 2.24) is 0 Å². The molecule has 0 heterocycles. The van der Waals surface area contributed by atoms with Crippen molar-refractivity contribution in [1.29, 1.82) is 0 Å². The molecule has 1 nitrogen and oxygen atoms in total. The molecule has 0 aromatic carbocycles. The van der Waals surface area contributed by atoms with Crippen molar-refractivity contribution in [2.75, 3.05) is 0 Å². The number of thiocarbonyl (C=S) groups is 1. The maximum atomic E-state index is 5.40. The van der Waals surface area contributed by atoms with Gasteiger partial charge >= 0.3 is 0 Å². The van der Waals surface area contributed by atoms with E-state index >= 15 is 0 Å². The second-order valence-corrected chi connectivity index (χ2v) is 2.58. The normalized spacial score (nSPS) is 13.6. The number of rotatable bonds is 2. The molecule has 3 heteroatoms. The Kier molecular flexibility index (Phi) is 3.60. The van der Waals surface area contributed by atoms with Crippen LogP contribution in [0.25, 0.3) is 0 Å². The van der Waals surface area contributed by atoms with E-state index in [1.165, 1.54) is 0 Å². The van der Waals surface area contributed by atoms with Crippen LogP contribution in [0.4, 0.5) is 0 Å². The van der Waals surface area contributed by atoms with E-state index < -0.39 is 0 Å². The third-order valence-corrected chi connectivity index (χ3v) is 1.39. The van der Waals surface area contributed by atoms with Crippen molar-refractivity contribution in [2.45, 2.75) is 19.4 Å². The van der Waals surface area contributed by atoms with E-state index in [1.54, 1.807) is 0 Å². The average molecular weight is 135 g/mol. The van der Waals surface area contributed by atoms with E-state index in [-0.39, 0.29) is 6.04 Å². The SMILES string of the molecule is CCC(N)C(=S)S. The van der Waals surface area contributed by atoms with Gasteiger partial charge in [0.05, 0.1) is 4.20 Å². The first-order valence-corrected chi connectivity index (χ1v) is 3.02. The maximum Gasteiger partial charge on any atom is 0.0615 e. The molecule has 0 radical (unpaired) electrons. The fourth-order valence-corrected chi connectivity index (χ4v) is 0.524. The molecule has 0 spiro atoms.